The predicted octanol–water partition coefficient (Wildman–Crippen LogP) is 3.78. The first-order valence-corrected chi connectivity index (χ1v) is 4.66. The number of alkyl halides is 1. The molecule has 0 aliphatic heterocycles. The summed E-state index contributed by atoms with van der Waals surface area (Å²) in [4.78, 5) is 0. The van der Waals surface area contributed by atoms with E-state index < -0.39 is 0 Å². The average Bonchev–Trinajstić information content (AvgIpc) is 2.09. The standard InChI is InChI=1S/C11H12ClF/c1-8(7-12)5-10-3-4-11(13)6-9(10)2/h3-6H,7H2,1-2H3. The Bertz CT molecular complexity index is 329. The summed E-state index contributed by atoms with van der Waals surface area (Å²) in [5.41, 5.74) is 3.04. The van der Waals surface area contributed by atoms with Crippen LogP contribution in [0.2, 0.25) is 0 Å². The Morgan fingerprint density at radius 3 is 2.77 bits per heavy atom. The average molecular weight is 199 g/mol. The minimum atomic E-state index is -0.196. The van der Waals surface area contributed by atoms with E-state index in [0.717, 1.165) is 16.7 Å². The number of aryl methyl sites for hydroxylation is 1. The number of halogens is 2. The van der Waals surface area contributed by atoms with Crippen molar-refractivity contribution in [1.82, 2.24) is 0 Å². The van der Waals surface area contributed by atoms with Crippen LogP contribution in [-0.2, 0) is 0 Å². The fourth-order valence-electron chi connectivity index (χ4n) is 1.11. The Morgan fingerprint density at radius 1 is 1.54 bits per heavy atom. The molecule has 0 fully saturated rings. The van der Waals surface area contributed by atoms with Crippen molar-refractivity contribution in [2.45, 2.75) is 13.8 Å². The van der Waals surface area contributed by atoms with Crippen LogP contribution in [0.25, 0.3) is 6.08 Å². The van der Waals surface area contributed by atoms with Crippen molar-refractivity contribution in [3.8, 4) is 0 Å². The highest BCUT2D eigenvalue weighted by molar-refractivity contribution is 6.19. The predicted molar refractivity (Wildman–Crippen MR) is 55.5 cm³/mol. The molecule has 0 amide bonds. The van der Waals surface area contributed by atoms with Crippen molar-refractivity contribution >= 4 is 17.7 Å². The summed E-state index contributed by atoms with van der Waals surface area (Å²) in [7, 11) is 0. The molecule has 0 unspecified atom stereocenters. The Kier molecular flexibility index (Phi) is 3.49. The Hall–Kier alpha value is -0.820. The normalized spacial score (nSPS) is 11.8. The maximum absolute atomic E-state index is 12.7. The summed E-state index contributed by atoms with van der Waals surface area (Å²) in [6, 6.07) is 4.74. The van der Waals surface area contributed by atoms with Crippen molar-refractivity contribution < 1.29 is 4.39 Å². The van der Waals surface area contributed by atoms with Crippen LogP contribution >= 0.6 is 11.6 Å². The molecule has 0 nitrogen and oxygen atoms in total. The van der Waals surface area contributed by atoms with Crippen LogP contribution < -0.4 is 0 Å². The third-order valence-electron chi connectivity index (χ3n) is 1.84. The third kappa shape index (κ3) is 2.85. The highest BCUT2D eigenvalue weighted by Gasteiger charge is 1.97. The third-order valence-corrected chi connectivity index (χ3v) is 2.27. The van der Waals surface area contributed by atoms with Gasteiger partial charge in [-0.25, -0.2) is 4.39 Å². The van der Waals surface area contributed by atoms with Crippen LogP contribution in [-0.4, -0.2) is 5.88 Å². The lowest BCUT2D eigenvalue weighted by molar-refractivity contribution is 0.626. The molecule has 0 spiro atoms. The van der Waals surface area contributed by atoms with Gasteiger partial charge in [-0.1, -0.05) is 17.7 Å². The quantitative estimate of drug-likeness (QED) is 0.635. The molecule has 1 aromatic carbocycles. The summed E-state index contributed by atoms with van der Waals surface area (Å²) < 4.78 is 12.7. The van der Waals surface area contributed by atoms with Gasteiger partial charge in [0.25, 0.3) is 0 Å². The second kappa shape index (κ2) is 4.43. The molecule has 0 N–H and O–H groups in total. The largest absolute Gasteiger partial charge is 0.207 e. The minimum Gasteiger partial charge on any atom is -0.207 e. The van der Waals surface area contributed by atoms with Crippen LogP contribution in [0.3, 0.4) is 0 Å². The first-order chi connectivity index (χ1) is 6.13. The van der Waals surface area contributed by atoms with Crippen LogP contribution in [0.5, 0.6) is 0 Å². The van der Waals surface area contributed by atoms with E-state index in [1.54, 1.807) is 6.07 Å². The lowest BCUT2D eigenvalue weighted by Crippen LogP contribution is -1.85. The second-order valence-electron chi connectivity index (χ2n) is 3.13. The van der Waals surface area contributed by atoms with Crippen molar-refractivity contribution in [2.75, 3.05) is 5.88 Å². The van der Waals surface area contributed by atoms with E-state index >= 15 is 0 Å². The SMILES string of the molecule is CC(=Cc1ccc(F)cc1C)CCl. The number of allylic oxidation sites excluding steroid dienone is 1. The number of hydrogen-bond donors (Lipinski definition) is 0. The minimum absolute atomic E-state index is 0.196. The fraction of sp³-hybridized carbons (Fsp3) is 0.273. The maximum atomic E-state index is 12.7. The van der Waals surface area contributed by atoms with E-state index in [4.69, 9.17) is 11.6 Å². The van der Waals surface area contributed by atoms with Crippen LogP contribution in [0.4, 0.5) is 4.39 Å². The van der Waals surface area contributed by atoms with Crippen molar-refractivity contribution in [3.63, 3.8) is 0 Å². The van der Waals surface area contributed by atoms with Crippen molar-refractivity contribution in [3.05, 3.63) is 40.7 Å². The first-order valence-electron chi connectivity index (χ1n) is 4.13. The lowest BCUT2D eigenvalue weighted by atomic mass is 10.1. The van der Waals surface area contributed by atoms with E-state index in [9.17, 15) is 4.39 Å². The number of benzene rings is 1. The summed E-state index contributed by atoms with van der Waals surface area (Å²) in [6.45, 7) is 3.84. The number of rotatable bonds is 2. The van der Waals surface area contributed by atoms with E-state index in [1.807, 2.05) is 19.9 Å². The highest BCUT2D eigenvalue weighted by Crippen LogP contribution is 2.14. The summed E-state index contributed by atoms with van der Waals surface area (Å²) in [5.74, 6) is 0.315. The van der Waals surface area contributed by atoms with Gasteiger partial charge in [0.1, 0.15) is 5.82 Å². The molecule has 2 heteroatoms. The van der Waals surface area contributed by atoms with Gasteiger partial charge in [-0.2, -0.15) is 0 Å². The zero-order valence-corrected chi connectivity index (χ0v) is 8.53. The molecule has 0 saturated carbocycles. The van der Waals surface area contributed by atoms with Gasteiger partial charge in [-0.3, -0.25) is 0 Å². The topological polar surface area (TPSA) is 0 Å². The van der Waals surface area contributed by atoms with Crippen LogP contribution in [0.15, 0.2) is 23.8 Å². The van der Waals surface area contributed by atoms with Crippen LogP contribution in [0, 0.1) is 12.7 Å². The van der Waals surface area contributed by atoms with E-state index in [1.165, 1.54) is 12.1 Å². The zero-order chi connectivity index (χ0) is 9.84. The van der Waals surface area contributed by atoms with Gasteiger partial charge in [-0.05, 0) is 37.1 Å². The molecule has 0 atom stereocenters. The van der Waals surface area contributed by atoms with E-state index in [0.29, 0.717) is 5.88 Å². The molecule has 70 valence electrons. The number of hydrogen-bond acceptors (Lipinski definition) is 0. The smallest absolute Gasteiger partial charge is 0.123 e. The van der Waals surface area contributed by atoms with Gasteiger partial charge in [0.2, 0.25) is 0 Å². The van der Waals surface area contributed by atoms with Gasteiger partial charge in [0.05, 0.1) is 0 Å². The molecular weight excluding hydrogens is 187 g/mol. The van der Waals surface area contributed by atoms with Gasteiger partial charge >= 0.3 is 0 Å². The molecule has 0 heterocycles. The zero-order valence-electron chi connectivity index (χ0n) is 7.77. The molecule has 0 aromatic heterocycles. The Morgan fingerprint density at radius 2 is 2.23 bits per heavy atom. The molecule has 13 heavy (non-hydrogen) atoms. The molecular formula is C11H12ClF. The highest BCUT2D eigenvalue weighted by atomic mass is 35.5. The molecule has 0 radical (unpaired) electrons. The van der Waals surface area contributed by atoms with Gasteiger partial charge in [0, 0.05) is 5.88 Å². The molecule has 0 aliphatic carbocycles. The Labute approximate surface area is 83.0 Å². The molecule has 0 bridgehead atoms. The monoisotopic (exact) mass is 198 g/mol. The van der Waals surface area contributed by atoms with Gasteiger partial charge in [-0.15, -0.1) is 11.6 Å². The molecule has 1 rings (SSSR count). The van der Waals surface area contributed by atoms with Crippen molar-refractivity contribution in [2.24, 2.45) is 0 Å². The first kappa shape index (κ1) is 10.3. The van der Waals surface area contributed by atoms with Gasteiger partial charge in [0.15, 0.2) is 0 Å². The van der Waals surface area contributed by atoms with Gasteiger partial charge < -0.3 is 0 Å². The van der Waals surface area contributed by atoms with Crippen molar-refractivity contribution in [1.29, 1.82) is 0 Å². The molecule has 0 aliphatic rings. The molecule has 1 aromatic rings. The Balaban J connectivity index is 3.03. The summed E-state index contributed by atoms with van der Waals surface area (Å²) >= 11 is 5.64. The van der Waals surface area contributed by atoms with E-state index in [2.05, 4.69) is 0 Å². The summed E-state index contributed by atoms with van der Waals surface area (Å²) in [6.07, 6.45) is 1.97. The maximum Gasteiger partial charge on any atom is 0.123 e. The lowest BCUT2D eigenvalue weighted by Gasteiger charge is -2.01. The molecule has 0 saturated heterocycles. The summed E-state index contributed by atoms with van der Waals surface area (Å²) in [5, 5.41) is 0. The van der Waals surface area contributed by atoms with Crippen LogP contribution in [0.1, 0.15) is 18.1 Å². The van der Waals surface area contributed by atoms with E-state index in [-0.39, 0.29) is 5.82 Å². The fourth-order valence-corrected chi connectivity index (χ4v) is 1.18. The second-order valence-corrected chi connectivity index (χ2v) is 3.39.